The van der Waals surface area contributed by atoms with E-state index in [1.54, 1.807) is 0 Å². The fraction of sp³-hybridized carbons (Fsp3) is 0.333. The van der Waals surface area contributed by atoms with Crippen LogP contribution in [0.1, 0.15) is 35.9 Å². The van der Waals surface area contributed by atoms with Gasteiger partial charge in [0, 0.05) is 24.3 Å². The van der Waals surface area contributed by atoms with Crippen LogP contribution in [-0.4, -0.2) is 33.7 Å². The smallest absolute Gasteiger partial charge is 0.237 e. The molecule has 1 amide bonds. The van der Waals surface area contributed by atoms with E-state index in [4.69, 9.17) is 0 Å². The third-order valence-electron chi connectivity index (χ3n) is 5.38. The predicted octanol–water partition coefficient (Wildman–Crippen LogP) is 4.02. The van der Waals surface area contributed by atoms with Crippen molar-refractivity contribution in [3.05, 3.63) is 83.2 Å². The summed E-state index contributed by atoms with van der Waals surface area (Å²) in [6.07, 6.45) is 0.760. The Morgan fingerprint density at radius 1 is 1.07 bits per heavy atom. The second kappa shape index (κ2) is 9.52. The average Bonchev–Trinajstić information content (AvgIpc) is 3.02. The number of hydrogen-bond donors (Lipinski definition) is 1. The summed E-state index contributed by atoms with van der Waals surface area (Å²) in [4.78, 5) is 15.0. The number of para-hydroxylation sites is 1. The first-order valence-electron chi connectivity index (χ1n) is 10.1. The molecule has 3 rings (SSSR count). The number of nitrogens with one attached hydrogen (secondary N) is 1. The van der Waals surface area contributed by atoms with E-state index in [0.29, 0.717) is 6.54 Å². The zero-order valence-electron chi connectivity index (χ0n) is 17.7. The zero-order chi connectivity index (χ0) is 20.8. The standard InChI is InChI=1S/C24H30N4O/c1-5-23(27(4)17-20-12-8-6-9-13-20)24(29)25-16-22-18(2)26-28(19(22)3)21-14-10-7-11-15-21/h6-15,23H,5,16-17H2,1-4H3,(H,25,29)/t23-/m1/s1. The van der Waals surface area contributed by atoms with Crippen molar-refractivity contribution in [1.29, 1.82) is 0 Å². The second-order valence-electron chi connectivity index (χ2n) is 7.44. The quantitative estimate of drug-likeness (QED) is 0.632. The van der Waals surface area contributed by atoms with Crippen molar-refractivity contribution in [3.8, 4) is 5.69 Å². The molecule has 0 spiro atoms. The van der Waals surface area contributed by atoms with Crippen LogP contribution in [0.4, 0.5) is 0 Å². The number of aromatic nitrogens is 2. The lowest BCUT2D eigenvalue weighted by molar-refractivity contribution is -0.126. The van der Waals surface area contributed by atoms with Crippen LogP contribution in [0.2, 0.25) is 0 Å². The van der Waals surface area contributed by atoms with Crippen LogP contribution in [0.15, 0.2) is 60.7 Å². The van der Waals surface area contributed by atoms with Gasteiger partial charge in [-0.3, -0.25) is 9.69 Å². The van der Waals surface area contributed by atoms with Crippen molar-refractivity contribution in [3.63, 3.8) is 0 Å². The highest BCUT2D eigenvalue weighted by Gasteiger charge is 2.22. The Hall–Kier alpha value is -2.92. The third-order valence-corrected chi connectivity index (χ3v) is 5.38. The molecule has 5 heteroatoms. The molecule has 5 nitrogen and oxygen atoms in total. The van der Waals surface area contributed by atoms with Gasteiger partial charge in [-0.25, -0.2) is 4.68 Å². The summed E-state index contributed by atoms with van der Waals surface area (Å²) in [5, 5.41) is 7.80. The summed E-state index contributed by atoms with van der Waals surface area (Å²) in [6.45, 7) is 7.32. The highest BCUT2D eigenvalue weighted by atomic mass is 16.2. The predicted molar refractivity (Wildman–Crippen MR) is 117 cm³/mol. The molecule has 0 saturated heterocycles. The Bertz CT molecular complexity index is 934. The summed E-state index contributed by atoms with van der Waals surface area (Å²) >= 11 is 0. The summed E-state index contributed by atoms with van der Waals surface area (Å²) < 4.78 is 1.94. The molecule has 3 aromatic rings. The molecule has 0 aliphatic carbocycles. The minimum Gasteiger partial charge on any atom is -0.351 e. The van der Waals surface area contributed by atoms with Gasteiger partial charge >= 0.3 is 0 Å². The molecule has 152 valence electrons. The van der Waals surface area contributed by atoms with Crippen LogP contribution in [0.25, 0.3) is 5.69 Å². The van der Waals surface area contributed by atoms with E-state index in [9.17, 15) is 4.79 Å². The van der Waals surface area contributed by atoms with Crippen LogP contribution < -0.4 is 5.32 Å². The fourth-order valence-corrected chi connectivity index (χ4v) is 3.72. The molecule has 1 N–H and O–H groups in total. The van der Waals surface area contributed by atoms with Crippen LogP contribution in [0, 0.1) is 13.8 Å². The van der Waals surface area contributed by atoms with Gasteiger partial charge in [0.25, 0.3) is 0 Å². The topological polar surface area (TPSA) is 50.2 Å². The van der Waals surface area contributed by atoms with Crippen LogP contribution in [0.5, 0.6) is 0 Å². The van der Waals surface area contributed by atoms with E-state index in [-0.39, 0.29) is 11.9 Å². The number of amides is 1. The molecule has 29 heavy (non-hydrogen) atoms. The van der Waals surface area contributed by atoms with Gasteiger partial charge in [0.2, 0.25) is 5.91 Å². The van der Waals surface area contributed by atoms with Gasteiger partial charge in [-0.2, -0.15) is 5.10 Å². The first-order valence-corrected chi connectivity index (χ1v) is 10.1. The largest absolute Gasteiger partial charge is 0.351 e. The Kier molecular flexibility index (Phi) is 6.83. The van der Waals surface area contributed by atoms with E-state index in [1.807, 2.05) is 74.1 Å². The van der Waals surface area contributed by atoms with Gasteiger partial charge in [0.1, 0.15) is 0 Å². The Morgan fingerprint density at radius 2 is 1.69 bits per heavy atom. The van der Waals surface area contributed by atoms with Gasteiger partial charge in [-0.1, -0.05) is 55.5 Å². The lowest BCUT2D eigenvalue weighted by atomic mass is 10.1. The summed E-state index contributed by atoms with van der Waals surface area (Å²) in [5.74, 6) is 0.0530. The number of carbonyl (C=O) groups excluding carboxylic acids is 1. The van der Waals surface area contributed by atoms with Crippen LogP contribution in [0.3, 0.4) is 0 Å². The molecule has 0 unspecified atom stereocenters. The molecular formula is C24H30N4O. The molecule has 0 aliphatic heterocycles. The number of rotatable bonds is 8. The molecule has 1 atom stereocenters. The SMILES string of the molecule is CC[C@H](C(=O)NCc1c(C)nn(-c2ccccc2)c1C)N(C)Cc1ccccc1. The molecule has 1 aromatic heterocycles. The summed E-state index contributed by atoms with van der Waals surface area (Å²) in [5.41, 5.74) is 5.30. The minimum absolute atomic E-state index is 0.0530. The van der Waals surface area contributed by atoms with E-state index in [0.717, 1.165) is 35.6 Å². The van der Waals surface area contributed by atoms with Crippen molar-refractivity contribution in [2.75, 3.05) is 7.05 Å². The van der Waals surface area contributed by atoms with E-state index < -0.39 is 0 Å². The molecule has 0 fully saturated rings. The zero-order valence-corrected chi connectivity index (χ0v) is 17.7. The number of benzene rings is 2. The van der Waals surface area contributed by atoms with E-state index in [2.05, 4.69) is 34.4 Å². The Balaban J connectivity index is 1.67. The fourth-order valence-electron chi connectivity index (χ4n) is 3.72. The van der Waals surface area contributed by atoms with E-state index >= 15 is 0 Å². The maximum absolute atomic E-state index is 12.9. The van der Waals surface area contributed by atoms with Crippen LogP contribution in [-0.2, 0) is 17.9 Å². The molecule has 2 aromatic carbocycles. The number of carbonyl (C=O) groups is 1. The number of nitrogens with zero attached hydrogens (tertiary/aromatic N) is 3. The highest BCUT2D eigenvalue weighted by Crippen LogP contribution is 2.18. The molecule has 0 aliphatic rings. The molecule has 0 radical (unpaired) electrons. The maximum atomic E-state index is 12.9. The van der Waals surface area contributed by atoms with Gasteiger partial charge in [0.05, 0.1) is 17.4 Å². The van der Waals surface area contributed by atoms with Crippen molar-refractivity contribution in [1.82, 2.24) is 20.0 Å². The van der Waals surface area contributed by atoms with Gasteiger partial charge < -0.3 is 5.32 Å². The first-order chi connectivity index (χ1) is 14.0. The van der Waals surface area contributed by atoms with Crippen molar-refractivity contribution < 1.29 is 4.79 Å². The average molecular weight is 391 g/mol. The normalized spacial score (nSPS) is 12.2. The molecule has 0 bridgehead atoms. The summed E-state index contributed by atoms with van der Waals surface area (Å²) in [6, 6.07) is 20.1. The van der Waals surface area contributed by atoms with Crippen molar-refractivity contribution in [2.24, 2.45) is 0 Å². The van der Waals surface area contributed by atoms with Crippen LogP contribution >= 0.6 is 0 Å². The number of hydrogen-bond acceptors (Lipinski definition) is 3. The lowest BCUT2D eigenvalue weighted by Crippen LogP contribution is -2.44. The lowest BCUT2D eigenvalue weighted by Gasteiger charge is -2.26. The Morgan fingerprint density at radius 3 is 2.31 bits per heavy atom. The Labute approximate surface area is 173 Å². The monoisotopic (exact) mass is 390 g/mol. The highest BCUT2D eigenvalue weighted by molar-refractivity contribution is 5.81. The maximum Gasteiger partial charge on any atom is 0.237 e. The van der Waals surface area contributed by atoms with Gasteiger partial charge in [0.15, 0.2) is 0 Å². The summed E-state index contributed by atoms with van der Waals surface area (Å²) in [7, 11) is 2.00. The number of aryl methyl sites for hydroxylation is 1. The van der Waals surface area contributed by atoms with Crippen molar-refractivity contribution >= 4 is 5.91 Å². The molecular weight excluding hydrogens is 360 g/mol. The van der Waals surface area contributed by atoms with E-state index in [1.165, 1.54) is 5.56 Å². The molecule has 0 saturated carbocycles. The third kappa shape index (κ3) is 4.93. The van der Waals surface area contributed by atoms with Gasteiger partial charge in [-0.05, 0) is 45.0 Å². The second-order valence-corrected chi connectivity index (χ2v) is 7.44. The minimum atomic E-state index is -0.167. The van der Waals surface area contributed by atoms with Crippen molar-refractivity contribution in [2.45, 2.75) is 46.3 Å². The first kappa shape index (κ1) is 20.8. The number of likely N-dealkylation sites (N-methyl/N-ethyl adjacent to an activating group) is 1. The van der Waals surface area contributed by atoms with Gasteiger partial charge in [-0.15, -0.1) is 0 Å². The molecule has 1 heterocycles.